The standard InChI is InChI=1S/C23H31N3OS/c1-17-22(28-16-24-17)23(27)25-20-11-13-26(14-12-20)15-21(19-9-5-6-10-19)18-7-3-2-4-8-18/h2-4,7-8,16,19-21H,5-6,9-15H2,1H3,(H,25,27). The number of benzene rings is 1. The zero-order valence-corrected chi connectivity index (χ0v) is 17.6. The van der Waals surface area contributed by atoms with Crippen molar-refractivity contribution < 1.29 is 4.79 Å². The number of hydrogen-bond donors (Lipinski definition) is 1. The molecule has 1 amide bonds. The quantitative estimate of drug-likeness (QED) is 0.774. The summed E-state index contributed by atoms with van der Waals surface area (Å²) in [4.78, 5) is 20.0. The van der Waals surface area contributed by atoms with Gasteiger partial charge in [0.2, 0.25) is 0 Å². The third-order valence-corrected chi connectivity index (χ3v) is 7.45. The lowest BCUT2D eigenvalue weighted by molar-refractivity contribution is 0.0910. The molecule has 150 valence electrons. The van der Waals surface area contributed by atoms with E-state index in [9.17, 15) is 4.79 Å². The highest BCUT2D eigenvalue weighted by atomic mass is 32.1. The second-order valence-electron chi connectivity index (χ2n) is 8.38. The molecule has 0 bridgehead atoms. The summed E-state index contributed by atoms with van der Waals surface area (Å²) in [6.45, 7) is 5.20. The lowest BCUT2D eigenvalue weighted by atomic mass is 9.84. The minimum atomic E-state index is 0.0477. The summed E-state index contributed by atoms with van der Waals surface area (Å²) >= 11 is 1.43. The molecular formula is C23H31N3OS. The molecule has 28 heavy (non-hydrogen) atoms. The van der Waals surface area contributed by atoms with Gasteiger partial charge in [-0.1, -0.05) is 43.2 Å². The van der Waals surface area contributed by atoms with Crippen LogP contribution in [0.25, 0.3) is 0 Å². The SMILES string of the molecule is Cc1ncsc1C(=O)NC1CCN(CC(c2ccccc2)C2CCCC2)CC1. The van der Waals surface area contributed by atoms with E-state index >= 15 is 0 Å². The Kier molecular flexibility index (Phi) is 6.43. The summed E-state index contributed by atoms with van der Waals surface area (Å²) in [7, 11) is 0. The van der Waals surface area contributed by atoms with Crippen molar-refractivity contribution in [1.29, 1.82) is 0 Å². The molecule has 1 aromatic carbocycles. The van der Waals surface area contributed by atoms with E-state index in [4.69, 9.17) is 0 Å². The van der Waals surface area contributed by atoms with Crippen LogP contribution in [0.15, 0.2) is 35.8 Å². The molecule has 1 saturated heterocycles. The zero-order valence-electron chi connectivity index (χ0n) is 16.8. The second-order valence-corrected chi connectivity index (χ2v) is 9.23. The van der Waals surface area contributed by atoms with Crippen molar-refractivity contribution in [3.05, 3.63) is 52.0 Å². The highest BCUT2D eigenvalue weighted by molar-refractivity contribution is 7.11. The van der Waals surface area contributed by atoms with Crippen molar-refractivity contribution in [1.82, 2.24) is 15.2 Å². The van der Waals surface area contributed by atoms with Crippen molar-refractivity contribution in [2.45, 2.75) is 57.4 Å². The van der Waals surface area contributed by atoms with Gasteiger partial charge in [0.1, 0.15) is 4.88 Å². The number of hydrogen-bond acceptors (Lipinski definition) is 4. The molecular weight excluding hydrogens is 366 g/mol. The Bertz CT molecular complexity index is 761. The maximum absolute atomic E-state index is 12.5. The number of nitrogens with zero attached hydrogens (tertiary/aromatic N) is 2. The van der Waals surface area contributed by atoms with E-state index in [0.29, 0.717) is 5.92 Å². The first-order valence-corrected chi connectivity index (χ1v) is 11.6. The largest absolute Gasteiger partial charge is 0.348 e. The van der Waals surface area contributed by atoms with Crippen LogP contribution in [0, 0.1) is 12.8 Å². The van der Waals surface area contributed by atoms with Crippen molar-refractivity contribution >= 4 is 17.2 Å². The van der Waals surface area contributed by atoms with Gasteiger partial charge in [-0.05, 0) is 50.0 Å². The molecule has 5 heteroatoms. The van der Waals surface area contributed by atoms with Gasteiger partial charge in [-0.2, -0.15) is 0 Å². The van der Waals surface area contributed by atoms with Gasteiger partial charge in [0.05, 0.1) is 11.2 Å². The second kappa shape index (κ2) is 9.19. The number of aryl methyl sites for hydroxylation is 1. The number of thiazole rings is 1. The van der Waals surface area contributed by atoms with Crippen LogP contribution in [-0.4, -0.2) is 41.5 Å². The molecule has 0 spiro atoms. The number of carbonyl (C=O) groups is 1. The predicted octanol–water partition coefficient (Wildman–Crippen LogP) is 4.62. The fraction of sp³-hybridized carbons (Fsp3) is 0.565. The molecule has 4 nitrogen and oxygen atoms in total. The molecule has 1 saturated carbocycles. The normalized spacial score (nSPS) is 20.3. The van der Waals surface area contributed by atoms with Crippen LogP contribution in [0.3, 0.4) is 0 Å². The summed E-state index contributed by atoms with van der Waals surface area (Å²) in [6, 6.07) is 11.4. The molecule has 0 radical (unpaired) electrons. The highest BCUT2D eigenvalue weighted by Crippen LogP contribution is 2.38. The van der Waals surface area contributed by atoms with Crippen LogP contribution in [0.2, 0.25) is 0 Å². The number of piperidine rings is 1. The number of likely N-dealkylation sites (tertiary alicyclic amines) is 1. The molecule has 2 aliphatic rings. The van der Waals surface area contributed by atoms with Crippen molar-refractivity contribution in [3.8, 4) is 0 Å². The summed E-state index contributed by atoms with van der Waals surface area (Å²) < 4.78 is 0. The van der Waals surface area contributed by atoms with E-state index in [2.05, 4.69) is 45.5 Å². The van der Waals surface area contributed by atoms with E-state index < -0.39 is 0 Å². The van der Waals surface area contributed by atoms with Crippen LogP contribution in [0.4, 0.5) is 0 Å². The van der Waals surface area contributed by atoms with Gasteiger partial charge in [-0.25, -0.2) is 4.98 Å². The Morgan fingerprint density at radius 1 is 1.18 bits per heavy atom. The van der Waals surface area contributed by atoms with E-state index in [1.807, 2.05) is 6.92 Å². The molecule has 1 aliphatic carbocycles. The van der Waals surface area contributed by atoms with Gasteiger partial charge >= 0.3 is 0 Å². The van der Waals surface area contributed by atoms with Crippen LogP contribution in [0.5, 0.6) is 0 Å². The fourth-order valence-electron chi connectivity index (χ4n) is 4.90. The molecule has 1 N–H and O–H groups in total. The van der Waals surface area contributed by atoms with Gasteiger partial charge in [0.25, 0.3) is 5.91 Å². The summed E-state index contributed by atoms with van der Waals surface area (Å²) in [5, 5.41) is 3.23. The third kappa shape index (κ3) is 4.64. The Morgan fingerprint density at radius 3 is 2.54 bits per heavy atom. The van der Waals surface area contributed by atoms with Crippen LogP contribution >= 0.6 is 11.3 Å². The van der Waals surface area contributed by atoms with Crippen molar-refractivity contribution in [2.24, 2.45) is 5.92 Å². The number of carbonyl (C=O) groups excluding carboxylic acids is 1. The van der Waals surface area contributed by atoms with Crippen LogP contribution in [-0.2, 0) is 0 Å². The topological polar surface area (TPSA) is 45.2 Å². The first kappa shape index (κ1) is 19.6. The Hall–Kier alpha value is -1.72. The van der Waals surface area contributed by atoms with Crippen LogP contribution in [0.1, 0.15) is 65.4 Å². The Balaban J connectivity index is 1.32. The molecule has 1 aromatic heterocycles. The van der Waals surface area contributed by atoms with Crippen molar-refractivity contribution in [2.75, 3.05) is 19.6 Å². The smallest absolute Gasteiger partial charge is 0.263 e. The minimum Gasteiger partial charge on any atom is -0.348 e. The molecule has 1 aliphatic heterocycles. The molecule has 1 unspecified atom stereocenters. The van der Waals surface area contributed by atoms with E-state index in [1.54, 1.807) is 5.51 Å². The van der Waals surface area contributed by atoms with E-state index in [1.165, 1.54) is 42.6 Å². The van der Waals surface area contributed by atoms with Gasteiger partial charge in [-0.3, -0.25) is 4.79 Å². The number of nitrogens with one attached hydrogen (secondary N) is 1. The first-order chi connectivity index (χ1) is 13.7. The van der Waals surface area contributed by atoms with Gasteiger partial charge in [-0.15, -0.1) is 11.3 Å². The molecule has 4 rings (SSSR count). The Labute approximate surface area is 172 Å². The molecule has 2 heterocycles. The lowest BCUT2D eigenvalue weighted by Crippen LogP contribution is -2.46. The lowest BCUT2D eigenvalue weighted by Gasteiger charge is -2.36. The number of rotatable bonds is 6. The average molecular weight is 398 g/mol. The highest BCUT2D eigenvalue weighted by Gasteiger charge is 2.30. The van der Waals surface area contributed by atoms with Crippen LogP contribution < -0.4 is 5.32 Å². The predicted molar refractivity (Wildman–Crippen MR) is 115 cm³/mol. The average Bonchev–Trinajstić information content (AvgIpc) is 3.40. The Morgan fingerprint density at radius 2 is 1.89 bits per heavy atom. The van der Waals surface area contributed by atoms with E-state index in [0.717, 1.165) is 49.0 Å². The fourth-order valence-corrected chi connectivity index (χ4v) is 5.60. The minimum absolute atomic E-state index is 0.0477. The summed E-state index contributed by atoms with van der Waals surface area (Å²) in [5.41, 5.74) is 4.09. The van der Waals surface area contributed by atoms with Gasteiger partial charge in [0.15, 0.2) is 0 Å². The zero-order chi connectivity index (χ0) is 19.3. The third-order valence-electron chi connectivity index (χ3n) is 6.53. The van der Waals surface area contributed by atoms with Gasteiger partial charge in [0, 0.05) is 25.7 Å². The number of amides is 1. The number of aromatic nitrogens is 1. The van der Waals surface area contributed by atoms with Gasteiger partial charge < -0.3 is 10.2 Å². The summed E-state index contributed by atoms with van der Waals surface area (Å²) in [6.07, 6.45) is 7.60. The summed E-state index contributed by atoms with van der Waals surface area (Å²) in [5.74, 6) is 1.52. The molecule has 2 fully saturated rings. The van der Waals surface area contributed by atoms with E-state index in [-0.39, 0.29) is 11.9 Å². The monoisotopic (exact) mass is 397 g/mol. The first-order valence-electron chi connectivity index (χ1n) is 10.7. The molecule has 1 atom stereocenters. The maximum Gasteiger partial charge on any atom is 0.263 e. The maximum atomic E-state index is 12.5. The van der Waals surface area contributed by atoms with Crippen molar-refractivity contribution in [3.63, 3.8) is 0 Å². The molecule has 2 aromatic rings.